The molecule has 0 aliphatic carbocycles. The molecule has 0 amide bonds. The molecule has 0 aromatic heterocycles. The molecule has 1 atom stereocenters. The zero-order valence-electron chi connectivity index (χ0n) is 11.0. The van der Waals surface area contributed by atoms with Gasteiger partial charge in [-0.3, -0.25) is 0 Å². The monoisotopic (exact) mass is 298 g/mol. The van der Waals surface area contributed by atoms with E-state index < -0.39 is 0 Å². The van der Waals surface area contributed by atoms with Gasteiger partial charge in [-0.1, -0.05) is 19.9 Å². The maximum absolute atomic E-state index is 5.97. The second-order valence-electron chi connectivity index (χ2n) is 4.58. The van der Waals surface area contributed by atoms with Crippen molar-refractivity contribution in [1.29, 1.82) is 0 Å². The number of halogens is 1. The Balaban J connectivity index is 2.78. The van der Waals surface area contributed by atoms with Gasteiger partial charge in [0, 0.05) is 24.1 Å². The molecule has 0 saturated carbocycles. The molecule has 1 aromatic rings. The highest BCUT2D eigenvalue weighted by atomic mass is 79.9. The van der Waals surface area contributed by atoms with Crippen molar-refractivity contribution in [1.82, 2.24) is 0 Å². The van der Waals surface area contributed by atoms with E-state index in [9.17, 15) is 0 Å². The molecule has 0 radical (unpaired) electrons. The fraction of sp³-hybridized carbons (Fsp3) is 0.571. The molecule has 0 spiro atoms. The average Bonchev–Trinajstić information content (AvgIpc) is 2.29. The number of benzene rings is 1. The highest BCUT2D eigenvalue weighted by molar-refractivity contribution is 9.10. The van der Waals surface area contributed by atoms with Gasteiger partial charge in [0.2, 0.25) is 0 Å². The van der Waals surface area contributed by atoms with Gasteiger partial charge in [0.1, 0.15) is 0 Å². The normalized spacial score (nSPS) is 12.5. The summed E-state index contributed by atoms with van der Waals surface area (Å²) in [4.78, 5) is 2.27. The molecular formula is C14H23BrN2. The summed E-state index contributed by atoms with van der Waals surface area (Å²) in [6.45, 7) is 5.40. The molecule has 0 bridgehead atoms. The summed E-state index contributed by atoms with van der Waals surface area (Å²) in [5.74, 6) is 0. The van der Waals surface area contributed by atoms with Crippen LogP contribution in [0.4, 0.5) is 5.69 Å². The molecule has 0 aliphatic heterocycles. The fourth-order valence-electron chi connectivity index (χ4n) is 1.89. The van der Waals surface area contributed by atoms with Crippen LogP contribution in [0, 0.1) is 0 Å². The van der Waals surface area contributed by atoms with Crippen molar-refractivity contribution in [2.24, 2.45) is 5.73 Å². The van der Waals surface area contributed by atoms with E-state index >= 15 is 0 Å². The van der Waals surface area contributed by atoms with Crippen LogP contribution in [0.1, 0.15) is 32.3 Å². The summed E-state index contributed by atoms with van der Waals surface area (Å²) in [6, 6.07) is 6.82. The molecule has 0 heterocycles. The highest BCUT2D eigenvalue weighted by Crippen LogP contribution is 2.27. The topological polar surface area (TPSA) is 29.3 Å². The predicted octanol–water partition coefficient (Wildman–Crippen LogP) is 3.58. The van der Waals surface area contributed by atoms with Crippen LogP contribution < -0.4 is 10.6 Å². The Hall–Kier alpha value is -0.540. The van der Waals surface area contributed by atoms with Gasteiger partial charge in [-0.25, -0.2) is 0 Å². The highest BCUT2D eigenvalue weighted by Gasteiger charge is 2.07. The number of anilines is 1. The summed E-state index contributed by atoms with van der Waals surface area (Å²) in [5.41, 5.74) is 8.53. The van der Waals surface area contributed by atoms with Crippen molar-refractivity contribution >= 4 is 21.6 Å². The summed E-state index contributed by atoms with van der Waals surface area (Å²) >= 11 is 3.65. The van der Waals surface area contributed by atoms with E-state index in [0.717, 1.165) is 30.3 Å². The number of rotatable bonds is 6. The van der Waals surface area contributed by atoms with E-state index in [4.69, 9.17) is 5.73 Å². The van der Waals surface area contributed by atoms with Crippen LogP contribution in [-0.4, -0.2) is 19.6 Å². The van der Waals surface area contributed by atoms with Crippen LogP contribution in [0.15, 0.2) is 22.7 Å². The zero-order valence-corrected chi connectivity index (χ0v) is 12.6. The van der Waals surface area contributed by atoms with E-state index in [0.29, 0.717) is 0 Å². The van der Waals surface area contributed by atoms with Crippen LogP contribution in [-0.2, 0) is 6.42 Å². The van der Waals surface area contributed by atoms with Crippen molar-refractivity contribution in [2.45, 2.75) is 39.2 Å². The van der Waals surface area contributed by atoms with Crippen LogP contribution in [0.25, 0.3) is 0 Å². The Labute approximate surface area is 113 Å². The minimum Gasteiger partial charge on any atom is -0.374 e. The number of nitrogens with two attached hydrogens (primary N) is 1. The van der Waals surface area contributed by atoms with E-state index in [2.05, 4.69) is 59.9 Å². The third-order valence-electron chi connectivity index (χ3n) is 3.00. The van der Waals surface area contributed by atoms with Gasteiger partial charge in [0.25, 0.3) is 0 Å². The third kappa shape index (κ3) is 4.32. The number of hydrogen-bond donors (Lipinski definition) is 1. The van der Waals surface area contributed by atoms with Gasteiger partial charge in [-0.2, -0.15) is 0 Å². The van der Waals surface area contributed by atoms with Gasteiger partial charge in [-0.05, 0) is 52.9 Å². The predicted molar refractivity (Wildman–Crippen MR) is 79.7 cm³/mol. The van der Waals surface area contributed by atoms with Gasteiger partial charge >= 0.3 is 0 Å². The van der Waals surface area contributed by atoms with Crippen LogP contribution in [0.5, 0.6) is 0 Å². The molecule has 2 N–H and O–H groups in total. The lowest BCUT2D eigenvalue weighted by Gasteiger charge is -2.20. The summed E-state index contributed by atoms with van der Waals surface area (Å²) in [6.07, 6.45) is 3.13. The first-order chi connectivity index (χ1) is 8.08. The summed E-state index contributed by atoms with van der Waals surface area (Å²) in [7, 11) is 2.13. The first-order valence-electron chi connectivity index (χ1n) is 6.33. The van der Waals surface area contributed by atoms with Crippen molar-refractivity contribution in [2.75, 3.05) is 18.5 Å². The van der Waals surface area contributed by atoms with Gasteiger partial charge in [-0.15, -0.1) is 0 Å². The Bertz CT molecular complexity index is 352. The lowest BCUT2D eigenvalue weighted by Crippen LogP contribution is -2.21. The Morgan fingerprint density at radius 3 is 2.59 bits per heavy atom. The molecule has 0 aliphatic rings. The summed E-state index contributed by atoms with van der Waals surface area (Å²) in [5, 5.41) is 0. The van der Waals surface area contributed by atoms with Crippen molar-refractivity contribution in [3.63, 3.8) is 0 Å². The van der Waals surface area contributed by atoms with E-state index in [1.165, 1.54) is 11.3 Å². The van der Waals surface area contributed by atoms with Crippen molar-refractivity contribution in [3.05, 3.63) is 28.2 Å². The van der Waals surface area contributed by atoms with E-state index in [-0.39, 0.29) is 6.04 Å². The maximum Gasteiger partial charge on any atom is 0.0508 e. The standard InChI is InChI=1S/C14H23BrN2/c1-4-8-17(3)14-7-6-11(10-13(14)15)9-12(16)5-2/h6-7,10,12H,4-5,8-9,16H2,1-3H3. The van der Waals surface area contributed by atoms with Gasteiger partial charge < -0.3 is 10.6 Å². The number of hydrogen-bond acceptors (Lipinski definition) is 2. The quantitative estimate of drug-likeness (QED) is 0.870. The van der Waals surface area contributed by atoms with Crippen LogP contribution in [0.3, 0.4) is 0 Å². The molecule has 96 valence electrons. The Morgan fingerprint density at radius 1 is 1.35 bits per heavy atom. The lowest BCUT2D eigenvalue weighted by molar-refractivity contribution is 0.646. The molecule has 1 rings (SSSR count). The molecule has 1 aromatic carbocycles. The van der Waals surface area contributed by atoms with Gasteiger partial charge in [0.05, 0.1) is 5.69 Å². The second-order valence-corrected chi connectivity index (χ2v) is 5.43. The second kappa shape index (κ2) is 7.02. The van der Waals surface area contributed by atoms with E-state index in [1.807, 2.05) is 0 Å². The van der Waals surface area contributed by atoms with Crippen LogP contribution in [0.2, 0.25) is 0 Å². The minimum atomic E-state index is 0.265. The molecule has 2 nitrogen and oxygen atoms in total. The number of nitrogens with zero attached hydrogens (tertiary/aromatic N) is 1. The maximum atomic E-state index is 5.97. The SMILES string of the molecule is CCCN(C)c1ccc(CC(N)CC)cc1Br. The Morgan fingerprint density at radius 2 is 2.06 bits per heavy atom. The largest absolute Gasteiger partial charge is 0.374 e. The third-order valence-corrected chi connectivity index (χ3v) is 3.64. The first-order valence-corrected chi connectivity index (χ1v) is 7.12. The molecule has 1 unspecified atom stereocenters. The average molecular weight is 299 g/mol. The summed E-state index contributed by atoms with van der Waals surface area (Å²) < 4.78 is 1.16. The Kier molecular flexibility index (Phi) is 6.00. The first kappa shape index (κ1) is 14.5. The smallest absolute Gasteiger partial charge is 0.0508 e. The van der Waals surface area contributed by atoms with Gasteiger partial charge in [0.15, 0.2) is 0 Å². The lowest BCUT2D eigenvalue weighted by atomic mass is 10.0. The molecule has 17 heavy (non-hydrogen) atoms. The van der Waals surface area contributed by atoms with Crippen LogP contribution >= 0.6 is 15.9 Å². The molecule has 3 heteroatoms. The minimum absolute atomic E-state index is 0.265. The molecular weight excluding hydrogens is 276 g/mol. The van der Waals surface area contributed by atoms with Crippen molar-refractivity contribution in [3.8, 4) is 0 Å². The molecule has 0 saturated heterocycles. The molecule has 0 fully saturated rings. The fourth-order valence-corrected chi connectivity index (χ4v) is 2.62. The van der Waals surface area contributed by atoms with Crippen molar-refractivity contribution < 1.29 is 0 Å². The van der Waals surface area contributed by atoms with E-state index in [1.54, 1.807) is 0 Å². The zero-order chi connectivity index (χ0) is 12.8.